The monoisotopic (exact) mass is 261 g/mol. The zero-order valence-corrected chi connectivity index (χ0v) is 10.0. The molecule has 0 saturated heterocycles. The quantitative estimate of drug-likeness (QED) is 0.510. The molecule has 0 fully saturated rings. The van der Waals surface area contributed by atoms with E-state index in [4.69, 9.17) is 16.7 Å². The number of aliphatic hydroxyl groups excluding tert-OH is 1. The Bertz CT molecular complexity index is 167. The predicted octanol–water partition coefficient (Wildman–Crippen LogP) is 2.64. The zero-order chi connectivity index (χ0) is 12.4. The maximum absolute atomic E-state index is 12.1. The molecule has 0 radical (unpaired) electrons. The van der Waals surface area contributed by atoms with Crippen molar-refractivity contribution in [3.8, 4) is 0 Å². The third-order valence-electron chi connectivity index (χ3n) is 2.18. The van der Waals surface area contributed by atoms with Crippen LogP contribution in [0.3, 0.4) is 0 Å². The van der Waals surface area contributed by atoms with E-state index in [-0.39, 0.29) is 13.2 Å². The normalized spacial score (nSPS) is 12.4. The van der Waals surface area contributed by atoms with Gasteiger partial charge in [0, 0.05) is 12.4 Å². The average Bonchev–Trinajstić information content (AvgIpc) is 2.15. The summed E-state index contributed by atoms with van der Waals surface area (Å²) in [6, 6.07) is 0. The van der Waals surface area contributed by atoms with Gasteiger partial charge in [0.05, 0.1) is 13.2 Å². The zero-order valence-electron chi connectivity index (χ0n) is 9.27. The molecule has 6 heteroatoms. The minimum absolute atomic E-state index is 0.0784. The summed E-state index contributed by atoms with van der Waals surface area (Å²) < 4.78 is 36.4. The van der Waals surface area contributed by atoms with Crippen LogP contribution in [-0.2, 0) is 0 Å². The summed E-state index contributed by atoms with van der Waals surface area (Å²) in [5.74, 6) is 0.600. The molecular formula is C10H19ClF3NO. The Labute approximate surface area is 99.4 Å². The van der Waals surface area contributed by atoms with Gasteiger partial charge in [-0.3, -0.25) is 4.90 Å². The first kappa shape index (κ1) is 16.0. The van der Waals surface area contributed by atoms with Crippen LogP contribution in [0.1, 0.15) is 25.7 Å². The minimum Gasteiger partial charge on any atom is -0.395 e. The highest BCUT2D eigenvalue weighted by molar-refractivity contribution is 6.17. The first-order chi connectivity index (χ1) is 7.49. The van der Waals surface area contributed by atoms with E-state index in [1.165, 1.54) is 4.90 Å². The van der Waals surface area contributed by atoms with Gasteiger partial charge in [-0.25, -0.2) is 0 Å². The Morgan fingerprint density at radius 3 is 2.12 bits per heavy atom. The number of halogens is 4. The van der Waals surface area contributed by atoms with Crippen molar-refractivity contribution in [2.24, 2.45) is 0 Å². The van der Waals surface area contributed by atoms with Gasteiger partial charge in [0.2, 0.25) is 0 Å². The van der Waals surface area contributed by atoms with Crippen molar-refractivity contribution in [2.75, 3.05) is 32.1 Å². The molecule has 0 amide bonds. The van der Waals surface area contributed by atoms with E-state index < -0.39 is 12.7 Å². The Hall–Kier alpha value is -0.0000000000000000555. The molecule has 0 rings (SSSR count). The summed E-state index contributed by atoms with van der Waals surface area (Å²) in [7, 11) is 0. The number of hydrogen-bond acceptors (Lipinski definition) is 2. The first-order valence-electron chi connectivity index (χ1n) is 5.45. The Balaban J connectivity index is 3.68. The lowest BCUT2D eigenvalue weighted by Gasteiger charge is -2.22. The largest absolute Gasteiger partial charge is 0.401 e. The summed E-state index contributed by atoms with van der Waals surface area (Å²) in [6.45, 7) is -0.724. The smallest absolute Gasteiger partial charge is 0.395 e. The van der Waals surface area contributed by atoms with Gasteiger partial charge in [0.1, 0.15) is 0 Å². The molecule has 0 aromatic rings. The summed E-state index contributed by atoms with van der Waals surface area (Å²) in [5, 5.41) is 8.65. The predicted molar refractivity (Wildman–Crippen MR) is 58.8 cm³/mol. The molecule has 1 N–H and O–H groups in total. The molecule has 0 aromatic carbocycles. The second-order valence-corrected chi connectivity index (χ2v) is 4.10. The Morgan fingerprint density at radius 1 is 1.00 bits per heavy atom. The summed E-state index contributed by atoms with van der Waals surface area (Å²) in [5.41, 5.74) is 0. The second-order valence-electron chi connectivity index (χ2n) is 3.72. The van der Waals surface area contributed by atoms with E-state index in [9.17, 15) is 13.2 Å². The SMILES string of the molecule is OCCN(CCCCCCCl)CC(F)(F)F. The number of rotatable bonds is 9. The van der Waals surface area contributed by atoms with Gasteiger partial charge in [0.15, 0.2) is 0 Å². The van der Waals surface area contributed by atoms with Gasteiger partial charge in [-0.1, -0.05) is 12.8 Å². The van der Waals surface area contributed by atoms with Crippen LogP contribution in [0.5, 0.6) is 0 Å². The van der Waals surface area contributed by atoms with E-state index in [1.54, 1.807) is 0 Å². The van der Waals surface area contributed by atoms with Crippen LogP contribution in [-0.4, -0.2) is 48.3 Å². The third kappa shape index (κ3) is 10.5. The molecular weight excluding hydrogens is 243 g/mol. The van der Waals surface area contributed by atoms with E-state index in [2.05, 4.69) is 0 Å². The van der Waals surface area contributed by atoms with E-state index in [0.29, 0.717) is 18.8 Å². The number of hydrogen-bond donors (Lipinski definition) is 1. The molecule has 0 spiro atoms. The van der Waals surface area contributed by atoms with Gasteiger partial charge >= 0.3 is 6.18 Å². The van der Waals surface area contributed by atoms with Crippen molar-refractivity contribution < 1.29 is 18.3 Å². The highest BCUT2D eigenvalue weighted by Crippen LogP contribution is 2.16. The molecule has 0 saturated carbocycles. The lowest BCUT2D eigenvalue weighted by Crippen LogP contribution is -2.36. The highest BCUT2D eigenvalue weighted by Gasteiger charge is 2.30. The van der Waals surface area contributed by atoms with Gasteiger partial charge in [-0.05, 0) is 19.4 Å². The van der Waals surface area contributed by atoms with Crippen molar-refractivity contribution in [3.05, 3.63) is 0 Å². The van der Waals surface area contributed by atoms with Gasteiger partial charge in [-0.2, -0.15) is 13.2 Å². The summed E-state index contributed by atoms with van der Waals surface area (Å²) in [4.78, 5) is 1.24. The van der Waals surface area contributed by atoms with Crippen LogP contribution in [0.4, 0.5) is 13.2 Å². The van der Waals surface area contributed by atoms with E-state index >= 15 is 0 Å². The van der Waals surface area contributed by atoms with Crippen molar-refractivity contribution in [1.29, 1.82) is 0 Å². The third-order valence-corrected chi connectivity index (χ3v) is 2.44. The summed E-state index contributed by atoms with van der Waals surface area (Å²) >= 11 is 5.49. The molecule has 98 valence electrons. The van der Waals surface area contributed by atoms with Crippen molar-refractivity contribution in [1.82, 2.24) is 4.90 Å². The average molecular weight is 262 g/mol. The van der Waals surface area contributed by atoms with E-state index in [0.717, 1.165) is 19.3 Å². The fourth-order valence-electron chi connectivity index (χ4n) is 1.45. The minimum atomic E-state index is -4.19. The molecule has 16 heavy (non-hydrogen) atoms. The van der Waals surface area contributed by atoms with Crippen LogP contribution in [0, 0.1) is 0 Å². The molecule has 0 atom stereocenters. The molecule has 0 heterocycles. The first-order valence-corrected chi connectivity index (χ1v) is 5.99. The Morgan fingerprint density at radius 2 is 1.62 bits per heavy atom. The maximum atomic E-state index is 12.1. The van der Waals surface area contributed by atoms with Crippen LogP contribution in [0.2, 0.25) is 0 Å². The molecule has 0 aromatic heterocycles. The fourth-order valence-corrected chi connectivity index (χ4v) is 1.64. The molecule has 0 bridgehead atoms. The standard InChI is InChI=1S/C10H19ClF3NO/c11-5-3-1-2-4-6-15(7-8-16)9-10(12,13)14/h16H,1-9H2. The second kappa shape index (κ2) is 9.07. The fraction of sp³-hybridized carbons (Fsp3) is 1.00. The number of aliphatic hydroxyl groups is 1. The van der Waals surface area contributed by atoms with E-state index in [1.807, 2.05) is 0 Å². The molecule has 2 nitrogen and oxygen atoms in total. The van der Waals surface area contributed by atoms with Gasteiger partial charge < -0.3 is 5.11 Å². The lowest BCUT2D eigenvalue weighted by atomic mass is 10.2. The molecule has 0 aliphatic carbocycles. The highest BCUT2D eigenvalue weighted by atomic mass is 35.5. The van der Waals surface area contributed by atoms with Crippen molar-refractivity contribution >= 4 is 11.6 Å². The number of nitrogens with zero attached hydrogens (tertiary/aromatic N) is 1. The number of alkyl halides is 4. The van der Waals surface area contributed by atoms with Gasteiger partial charge in [-0.15, -0.1) is 11.6 Å². The van der Waals surface area contributed by atoms with Crippen LogP contribution in [0.25, 0.3) is 0 Å². The molecule has 0 aliphatic heterocycles. The lowest BCUT2D eigenvalue weighted by molar-refractivity contribution is -0.146. The topological polar surface area (TPSA) is 23.5 Å². The van der Waals surface area contributed by atoms with Crippen molar-refractivity contribution in [3.63, 3.8) is 0 Å². The van der Waals surface area contributed by atoms with Crippen molar-refractivity contribution in [2.45, 2.75) is 31.9 Å². The maximum Gasteiger partial charge on any atom is 0.401 e. The van der Waals surface area contributed by atoms with Crippen LogP contribution >= 0.6 is 11.6 Å². The summed E-state index contributed by atoms with van der Waals surface area (Å²) in [6.07, 6.45) is -0.742. The molecule has 0 aliphatic rings. The molecule has 0 unspecified atom stereocenters. The Kier molecular flexibility index (Phi) is 9.07. The number of unbranched alkanes of at least 4 members (excludes halogenated alkanes) is 3. The van der Waals surface area contributed by atoms with Crippen LogP contribution in [0.15, 0.2) is 0 Å². The van der Waals surface area contributed by atoms with Gasteiger partial charge in [0.25, 0.3) is 0 Å². The van der Waals surface area contributed by atoms with Crippen LogP contribution < -0.4 is 0 Å².